The van der Waals surface area contributed by atoms with Crippen LogP contribution in [0.5, 0.6) is 5.75 Å². The number of nitrogens with zero attached hydrogens (tertiary/aromatic N) is 2. The minimum Gasteiger partial charge on any atom is -0.492 e. The molecule has 4 rings (SSSR count). The smallest absolute Gasteiger partial charge is 0.123 e. The molecular weight excluding hydrogens is 340 g/mol. The molecular formula is C22H28N2O3. The Labute approximate surface area is 161 Å². The lowest BCUT2D eigenvalue weighted by Crippen LogP contribution is -2.38. The second kappa shape index (κ2) is 8.85. The van der Waals surface area contributed by atoms with Crippen molar-refractivity contribution in [2.24, 2.45) is 0 Å². The van der Waals surface area contributed by atoms with Gasteiger partial charge in [-0.3, -0.25) is 9.80 Å². The predicted molar refractivity (Wildman–Crippen MR) is 105 cm³/mol. The molecule has 144 valence electrons. The molecule has 1 fully saturated rings. The summed E-state index contributed by atoms with van der Waals surface area (Å²) >= 11 is 0. The number of ether oxygens (including phenoxy) is 2. The molecule has 2 aliphatic heterocycles. The standard InChI is InChI=1S/C22H28N2O3/c25-21-17-24(15-18-5-1-3-7-20(18)21)16-19-6-2-4-8-22(19)27-14-11-23-9-12-26-13-10-23/h1-8,21,25H,9-17H2. The van der Waals surface area contributed by atoms with E-state index in [0.29, 0.717) is 13.2 Å². The first-order valence-corrected chi connectivity index (χ1v) is 9.78. The summed E-state index contributed by atoms with van der Waals surface area (Å²) in [6, 6.07) is 16.4. The van der Waals surface area contributed by atoms with E-state index in [1.165, 1.54) is 11.1 Å². The van der Waals surface area contributed by atoms with Gasteiger partial charge in [-0.25, -0.2) is 0 Å². The van der Waals surface area contributed by atoms with Gasteiger partial charge in [-0.05, 0) is 17.2 Å². The van der Waals surface area contributed by atoms with Crippen molar-refractivity contribution in [1.82, 2.24) is 9.80 Å². The third kappa shape index (κ3) is 4.68. The Morgan fingerprint density at radius 3 is 2.67 bits per heavy atom. The SMILES string of the molecule is OC1CN(Cc2ccccc2OCCN2CCOCC2)Cc2ccccc21. The lowest BCUT2D eigenvalue weighted by Gasteiger charge is -2.32. The Balaban J connectivity index is 1.37. The molecule has 1 atom stereocenters. The number of fused-ring (bicyclic) bond motifs is 1. The Hall–Kier alpha value is -1.92. The summed E-state index contributed by atoms with van der Waals surface area (Å²) in [5.74, 6) is 0.944. The van der Waals surface area contributed by atoms with Gasteiger partial charge in [0.25, 0.3) is 0 Å². The van der Waals surface area contributed by atoms with Gasteiger partial charge in [0, 0.05) is 44.8 Å². The maximum Gasteiger partial charge on any atom is 0.123 e. The first kappa shape index (κ1) is 18.4. The molecule has 2 aromatic carbocycles. The van der Waals surface area contributed by atoms with E-state index in [-0.39, 0.29) is 0 Å². The van der Waals surface area contributed by atoms with E-state index in [2.05, 4.69) is 28.0 Å². The number of aliphatic hydroxyl groups is 1. The van der Waals surface area contributed by atoms with E-state index in [1.807, 2.05) is 30.3 Å². The molecule has 0 bridgehead atoms. The summed E-state index contributed by atoms with van der Waals surface area (Å²) in [5, 5.41) is 10.5. The average molecular weight is 368 g/mol. The number of rotatable bonds is 6. The van der Waals surface area contributed by atoms with E-state index < -0.39 is 6.10 Å². The molecule has 0 saturated carbocycles. The molecule has 2 aromatic rings. The molecule has 0 amide bonds. The number of hydrogen-bond acceptors (Lipinski definition) is 5. The van der Waals surface area contributed by atoms with Crippen LogP contribution >= 0.6 is 0 Å². The van der Waals surface area contributed by atoms with Crippen molar-refractivity contribution in [3.63, 3.8) is 0 Å². The number of morpholine rings is 1. The van der Waals surface area contributed by atoms with Crippen molar-refractivity contribution in [3.8, 4) is 5.75 Å². The van der Waals surface area contributed by atoms with Gasteiger partial charge in [0.05, 0.1) is 19.3 Å². The highest BCUT2D eigenvalue weighted by atomic mass is 16.5. The van der Waals surface area contributed by atoms with Gasteiger partial charge in [-0.1, -0.05) is 42.5 Å². The van der Waals surface area contributed by atoms with Gasteiger partial charge in [0.1, 0.15) is 12.4 Å². The van der Waals surface area contributed by atoms with Crippen LogP contribution in [0.2, 0.25) is 0 Å². The van der Waals surface area contributed by atoms with Crippen LogP contribution in [0, 0.1) is 0 Å². The fourth-order valence-electron chi connectivity index (χ4n) is 3.90. The first-order chi connectivity index (χ1) is 13.3. The van der Waals surface area contributed by atoms with Crippen LogP contribution in [0.4, 0.5) is 0 Å². The molecule has 1 unspecified atom stereocenters. The normalized spacial score (nSPS) is 21.0. The Morgan fingerprint density at radius 2 is 1.78 bits per heavy atom. The molecule has 27 heavy (non-hydrogen) atoms. The minimum atomic E-state index is -0.427. The number of para-hydroxylation sites is 1. The van der Waals surface area contributed by atoms with Crippen LogP contribution in [0.3, 0.4) is 0 Å². The highest BCUT2D eigenvalue weighted by Gasteiger charge is 2.23. The quantitative estimate of drug-likeness (QED) is 0.849. The lowest BCUT2D eigenvalue weighted by molar-refractivity contribution is 0.0321. The molecule has 1 saturated heterocycles. The highest BCUT2D eigenvalue weighted by molar-refractivity contribution is 5.35. The largest absolute Gasteiger partial charge is 0.492 e. The number of aliphatic hydroxyl groups excluding tert-OH is 1. The number of hydrogen-bond donors (Lipinski definition) is 1. The molecule has 2 heterocycles. The summed E-state index contributed by atoms with van der Waals surface area (Å²) < 4.78 is 11.5. The second-order valence-electron chi connectivity index (χ2n) is 7.29. The molecule has 1 N–H and O–H groups in total. The van der Waals surface area contributed by atoms with Crippen LogP contribution in [-0.4, -0.2) is 60.9 Å². The van der Waals surface area contributed by atoms with Crippen LogP contribution in [0.15, 0.2) is 48.5 Å². The zero-order valence-corrected chi connectivity index (χ0v) is 15.7. The van der Waals surface area contributed by atoms with Crippen molar-refractivity contribution >= 4 is 0 Å². The van der Waals surface area contributed by atoms with Gasteiger partial charge < -0.3 is 14.6 Å². The van der Waals surface area contributed by atoms with Crippen LogP contribution in [0.25, 0.3) is 0 Å². The van der Waals surface area contributed by atoms with Crippen LogP contribution in [0.1, 0.15) is 22.8 Å². The monoisotopic (exact) mass is 368 g/mol. The maximum absolute atomic E-state index is 10.5. The fourth-order valence-corrected chi connectivity index (χ4v) is 3.90. The summed E-state index contributed by atoms with van der Waals surface area (Å²) in [6.45, 7) is 7.49. The van der Waals surface area contributed by atoms with Crippen molar-refractivity contribution in [1.29, 1.82) is 0 Å². The van der Waals surface area contributed by atoms with Gasteiger partial charge >= 0.3 is 0 Å². The molecule has 0 aliphatic carbocycles. The van der Waals surface area contributed by atoms with Gasteiger partial charge in [0.15, 0.2) is 0 Å². The zero-order chi connectivity index (χ0) is 18.5. The molecule has 5 heteroatoms. The van der Waals surface area contributed by atoms with Gasteiger partial charge in [-0.2, -0.15) is 0 Å². The first-order valence-electron chi connectivity index (χ1n) is 9.78. The number of benzene rings is 2. The molecule has 0 radical (unpaired) electrons. The maximum atomic E-state index is 10.5. The Kier molecular flexibility index (Phi) is 6.04. The molecule has 0 spiro atoms. The van der Waals surface area contributed by atoms with Crippen LogP contribution < -0.4 is 4.74 Å². The van der Waals surface area contributed by atoms with Crippen molar-refractivity contribution in [2.75, 3.05) is 46.0 Å². The second-order valence-corrected chi connectivity index (χ2v) is 7.29. The number of β-amino-alcohol motifs (C(OH)–C–C–N with tert-alkyl or cyclic N) is 1. The topological polar surface area (TPSA) is 45.2 Å². The Morgan fingerprint density at radius 1 is 1.00 bits per heavy atom. The predicted octanol–water partition coefficient (Wildman–Crippen LogP) is 2.45. The fraction of sp³-hybridized carbons (Fsp3) is 0.455. The highest BCUT2D eigenvalue weighted by Crippen LogP contribution is 2.29. The van der Waals surface area contributed by atoms with E-state index in [0.717, 1.165) is 57.3 Å². The Bertz CT molecular complexity index is 746. The third-order valence-electron chi connectivity index (χ3n) is 5.37. The van der Waals surface area contributed by atoms with E-state index in [1.54, 1.807) is 0 Å². The molecule has 5 nitrogen and oxygen atoms in total. The summed E-state index contributed by atoms with van der Waals surface area (Å²) in [6.07, 6.45) is -0.427. The van der Waals surface area contributed by atoms with Crippen LogP contribution in [-0.2, 0) is 17.8 Å². The van der Waals surface area contributed by atoms with E-state index >= 15 is 0 Å². The average Bonchev–Trinajstić information content (AvgIpc) is 2.70. The summed E-state index contributed by atoms with van der Waals surface area (Å²) in [5.41, 5.74) is 3.44. The van der Waals surface area contributed by atoms with Gasteiger partial charge in [-0.15, -0.1) is 0 Å². The zero-order valence-electron chi connectivity index (χ0n) is 15.7. The molecule has 2 aliphatic rings. The van der Waals surface area contributed by atoms with E-state index in [9.17, 15) is 5.11 Å². The summed E-state index contributed by atoms with van der Waals surface area (Å²) in [7, 11) is 0. The minimum absolute atomic E-state index is 0.427. The molecule has 0 aromatic heterocycles. The van der Waals surface area contributed by atoms with Crippen molar-refractivity contribution < 1.29 is 14.6 Å². The third-order valence-corrected chi connectivity index (χ3v) is 5.37. The van der Waals surface area contributed by atoms with Crippen molar-refractivity contribution in [3.05, 3.63) is 65.2 Å². The summed E-state index contributed by atoms with van der Waals surface area (Å²) in [4.78, 5) is 4.67. The van der Waals surface area contributed by atoms with Gasteiger partial charge in [0.2, 0.25) is 0 Å². The van der Waals surface area contributed by atoms with Crippen molar-refractivity contribution in [2.45, 2.75) is 19.2 Å². The van der Waals surface area contributed by atoms with E-state index in [4.69, 9.17) is 9.47 Å². The lowest BCUT2D eigenvalue weighted by atomic mass is 9.97.